The predicted molar refractivity (Wildman–Crippen MR) is 59.3 cm³/mol. The molecule has 1 aromatic heterocycles. The van der Waals surface area contributed by atoms with E-state index in [4.69, 9.17) is 10.8 Å². The first-order chi connectivity index (χ1) is 7.38. The predicted octanol–water partition coefficient (Wildman–Crippen LogP) is 2.60. The fourth-order valence-electron chi connectivity index (χ4n) is 1.12. The molecular formula is C9H11N5S. The Hall–Kier alpha value is -1.54. The van der Waals surface area contributed by atoms with Gasteiger partial charge in [-0.25, -0.2) is 0 Å². The summed E-state index contributed by atoms with van der Waals surface area (Å²) in [6.45, 7) is 1.14. The average Bonchev–Trinajstić information content (AvgIpc) is 2.77. The number of nitrogens with zero attached hydrogens (tertiary/aromatic N) is 4. The number of nitriles is 1. The van der Waals surface area contributed by atoms with Crippen molar-refractivity contribution in [3.8, 4) is 6.07 Å². The molecule has 0 aliphatic rings. The molecule has 1 N–H and O–H groups in total. The third kappa shape index (κ3) is 4.00. The zero-order valence-corrected chi connectivity index (χ0v) is 8.94. The molecule has 0 bridgehead atoms. The number of thiophene rings is 1. The topological polar surface area (TPSA) is 84.6 Å². The third-order valence-electron chi connectivity index (χ3n) is 1.85. The molecule has 1 atom stereocenters. The Morgan fingerprint density at radius 2 is 2.60 bits per heavy atom. The van der Waals surface area contributed by atoms with Gasteiger partial charge in [0.15, 0.2) is 0 Å². The highest BCUT2D eigenvalue weighted by Gasteiger charge is 2.08. The van der Waals surface area contributed by atoms with E-state index >= 15 is 0 Å². The number of hydrogen-bond donors (Lipinski definition) is 1. The summed E-state index contributed by atoms with van der Waals surface area (Å²) in [7, 11) is 0. The number of nitrogens with one attached hydrogen (secondary N) is 1. The second kappa shape index (κ2) is 6.85. The summed E-state index contributed by atoms with van der Waals surface area (Å²) in [6, 6.07) is 3.86. The molecule has 5 nitrogen and oxygen atoms in total. The maximum Gasteiger partial charge on any atom is 0.122 e. The fraction of sp³-hybridized carbons (Fsp3) is 0.444. The Morgan fingerprint density at radius 3 is 3.20 bits per heavy atom. The largest absolute Gasteiger partial charge is 0.298 e. The highest BCUT2D eigenvalue weighted by atomic mass is 32.1. The van der Waals surface area contributed by atoms with Gasteiger partial charge in [-0.3, -0.25) is 5.32 Å². The van der Waals surface area contributed by atoms with Gasteiger partial charge < -0.3 is 0 Å². The van der Waals surface area contributed by atoms with Gasteiger partial charge in [0.05, 0.1) is 6.07 Å². The lowest BCUT2D eigenvalue weighted by Crippen LogP contribution is -2.21. The molecule has 0 fully saturated rings. The normalized spacial score (nSPS) is 11.4. The van der Waals surface area contributed by atoms with Crippen LogP contribution in [0.25, 0.3) is 10.4 Å². The van der Waals surface area contributed by atoms with Crippen molar-refractivity contribution in [2.45, 2.75) is 12.5 Å². The lowest BCUT2D eigenvalue weighted by atomic mass is 10.2. The van der Waals surface area contributed by atoms with E-state index in [9.17, 15) is 0 Å². The molecule has 1 rings (SSSR count). The van der Waals surface area contributed by atoms with Crippen LogP contribution in [0.5, 0.6) is 0 Å². The summed E-state index contributed by atoms with van der Waals surface area (Å²) in [6.07, 6.45) is 0.742. The SMILES string of the molecule is N#CC(NCCCN=[N+]=[N-])c1ccsc1. The first kappa shape index (κ1) is 11.5. The highest BCUT2D eigenvalue weighted by molar-refractivity contribution is 7.07. The van der Waals surface area contributed by atoms with Crippen LogP contribution in [-0.4, -0.2) is 13.1 Å². The molecule has 0 aliphatic carbocycles. The molecule has 15 heavy (non-hydrogen) atoms. The van der Waals surface area contributed by atoms with Gasteiger partial charge in [0.1, 0.15) is 6.04 Å². The van der Waals surface area contributed by atoms with Crippen molar-refractivity contribution >= 4 is 11.3 Å². The molecule has 0 aliphatic heterocycles. The van der Waals surface area contributed by atoms with E-state index in [2.05, 4.69) is 21.4 Å². The van der Waals surface area contributed by atoms with Crippen LogP contribution in [-0.2, 0) is 0 Å². The molecule has 1 heterocycles. The van der Waals surface area contributed by atoms with Gasteiger partial charge in [-0.2, -0.15) is 16.6 Å². The standard InChI is InChI=1S/C9H11N5S/c10-6-9(8-2-5-15-7-8)12-3-1-4-13-14-11/h2,5,7,9,12H,1,3-4H2. The summed E-state index contributed by atoms with van der Waals surface area (Å²) >= 11 is 1.57. The van der Waals surface area contributed by atoms with Gasteiger partial charge in [-0.1, -0.05) is 5.11 Å². The van der Waals surface area contributed by atoms with Gasteiger partial charge in [0.25, 0.3) is 0 Å². The Morgan fingerprint density at radius 1 is 1.73 bits per heavy atom. The summed E-state index contributed by atoms with van der Waals surface area (Å²) in [5.41, 5.74) is 9.05. The van der Waals surface area contributed by atoms with Crippen molar-refractivity contribution < 1.29 is 0 Å². The number of hydrogen-bond acceptors (Lipinski definition) is 4. The smallest absolute Gasteiger partial charge is 0.122 e. The number of rotatable bonds is 6. The molecule has 0 radical (unpaired) electrons. The average molecular weight is 221 g/mol. The summed E-state index contributed by atoms with van der Waals surface area (Å²) in [5, 5.41) is 19.3. The molecule has 6 heteroatoms. The van der Waals surface area contributed by atoms with Crippen molar-refractivity contribution in [3.63, 3.8) is 0 Å². The Balaban J connectivity index is 2.30. The zero-order valence-electron chi connectivity index (χ0n) is 8.13. The Kier molecular flexibility index (Phi) is 5.26. The number of azide groups is 1. The van der Waals surface area contributed by atoms with Gasteiger partial charge in [0.2, 0.25) is 0 Å². The summed E-state index contributed by atoms with van der Waals surface area (Å²) < 4.78 is 0. The fourth-order valence-corrected chi connectivity index (χ4v) is 1.80. The molecule has 0 amide bonds. The molecular weight excluding hydrogens is 210 g/mol. The van der Waals surface area contributed by atoms with Gasteiger partial charge in [-0.15, -0.1) is 0 Å². The van der Waals surface area contributed by atoms with Crippen LogP contribution in [0.3, 0.4) is 0 Å². The van der Waals surface area contributed by atoms with Crippen LogP contribution in [0, 0.1) is 11.3 Å². The minimum absolute atomic E-state index is 0.262. The first-order valence-electron chi connectivity index (χ1n) is 4.54. The highest BCUT2D eigenvalue weighted by Crippen LogP contribution is 2.15. The maximum absolute atomic E-state index is 8.91. The van der Waals surface area contributed by atoms with Gasteiger partial charge in [-0.05, 0) is 40.9 Å². The molecule has 0 aromatic carbocycles. The zero-order chi connectivity index (χ0) is 10.9. The van der Waals surface area contributed by atoms with Crippen LogP contribution < -0.4 is 5.32 Å². The van der Waals surface area contributed by atoms with Crippen LogP contribution >= 0.6 is 11.3 Å². The van der Waals surface area contributed by atoms with Crippen molar-refractivity contribution in [2.24, 2.45) is 5.11 Å². The molecule has 78 valence electrons. The quantitative estimate of drug-likeness (QED) is 0.346. The van der Waals surface area contributed by atoms with Crippen LogP contribution in [0.4, 0.5) is 0 Å². The van der Waals surface area contributed by atoms with Crippen LogP contribution in [0.1, 0.15) is 18.0 Å². The van der Waals surface area contributed by atoms with E-state index in [-0.39, 0.29) is 6.04 Å². The van der Waals surface area contributed by atoms with Crippen LogP contribution in [0.2, 0.25) is 0 Å². The molecule has 1 unspecified atom stereocenters. The van der Waals surface area contributed by atoms with Gasteiger partial charge >= 0.3 is 0 Å². The van der Waals surface area contributed by atoms with Crippen molar-refractivity contribution in [2.75, 3.05) is 13.1 Å². The van der Waals surface area contributed by atoms with Crippen molar-refractivity contribution in [1.29, 1.82) is 5.26 Å². The Bertz CT molecular complexity index is 360. The van der Waals surface area contributed by atoms with Crippen molar-refractivity contribution in [1.82, 2.24) is 5.32 Å². The summed E-state index contributed by atoms with van der Waals surface area (Å²) in [5.74, 6) is 0. The minimum atomic E-state index is -0.262. The lowest BCUT2D eigenvalue weighted by molar-refractivity contribution is 0.608. The van der Waals surface area contributed by atoms with Crippen molar-refractivity contribution in [3.05, 3.63) is 32.8 Å². The third-order valence-corrected chi connectivity index (χ3v) is 2.55. The lowest BCUT2D eigenvalue weighted by Gasteiger charge is -2.08. The van der Waals surface area contributed by atoms with Gasteiger partial charge in [0, 0.05) is 11.5 Å². The monoisotopic (exact) mass is 221 g/mol. The van der Waals surface area contributed by atoms with E-state index in [1.807, 2.05) is 16.8 Å². The molecule has 0 spiro atoms. The first-order valence-corrected chi connectivity index (χ1v) is 5.48. The summed E-state index contributed by atoms with van der Waals surface area (Å²) in [4.78, 5) is 2.66. The second-order valence-electron chi connectivity index (χ2n) is 2.88. The van der Waals surface area contributed by atoms with E-state index in [1.165, 1.54) is 0 Å². The van der Waals surface area contributed by atoms with E-state index in [1.54, 1.807) is 11.3 Å². The van der Waals surface area contributed by atoms with E-state index in [0.29, 0.717) is 13.1 Å². The Labute approximate surface area is 92.0 Å². The van der Waals surface area contributed by atoms with E-state index < -0.39 is 0 Å². The molecule has 0 saturated carbocycles. The molecule has 0 saturated heterocycles. The minimum Gasteiger partial charge on any atom is -0.298 e. The van der Waals surface area contributed by atoms with Crippen LogP contribution in [0.15, 0.2) is 21.9 Å². The van der Waals surface area contributed by atoms with E-state index in [0.717, 1.165) is 12.0 Å². The second-order valence-corrected chi connectivity index (χ2v) is 3.66. The molecule has 1 aromatic rings. The maximum atomic E-state index is 8.91.